The summed E-state index contributed by atoms with van der Waals surface area (Å²) in [5, 5.41) is 0. The van der Waals surface area contributed by atoms with Gasteiger partial charge in [-0.15, -0.1) is 0 Å². The van der Waals surface area contributed by atoms with Crippen LogP contribution in [0.4, 0.5) is 0 Å². The van der Waals surface area contributed by atoms with E-state index in [0.717, 1.165) is 31.8 Å². The van der Waals surface area contributed by atoms with Gasteiger partial charge in [0, 0.05) is 0 Å². The third-order valence-corrected chi connectivity index (χ3v) is 4.67. The van der Waals surface area contributed by atoms with E-state index < -0.39 is 30.9 Å². The summed E-state index contributed by atoms with van der Waals surface area (Å²) in [6, 6.07) is 0. The van der Waals surface area contributed by atoms with Crippen molar-refractivity contribution in [3.05, 3.63) is 11.0 Å². The molecule has 6 nitrogen and oxygen atoms in total. The number of hydrogen-bond donors (Lipinski definition) is 2. The third-order valence-electron chi connectivity index (χ3n) is 2.84. The fraction of sp³-hybridized carbons (Fsp3) is 0.833. The minimum absolute atomic E-state index is 0.360. The standard InChI is InChI=1S/C12H24O6S2/c1-2-3-4-5-6-7-8-9-10-12(20(16,17)18)11-19(13,14)15/h10H,2-9,11H2,1H3,(H,13,14,15)(H,16,17,18)/b12-10-. The molecule has 0 radical (unpaired) electrons. The van der Waals surface area contributed by atoms with Gasteiger partial charge in [0.05, 0.1) is 4.91 Å². The highest BCUT2D eigenvalue weighted by molar-refractivity contribution is 7.92. The maximum Gasteiger partial charge on any atom is 0.291 e. The average molecular weight is 328 g/mol. The fourth-order valence-electron chi connectivity index (χ4n) is 1.78. The van der Waals surface area contributed by atoms with Crippen molar-refractivity contribution in [3.8, 4) is 0 Å². The topological polar surface area (TPSA) is 109 Å². The first-order chi connectivity index (χ1) is 9.17. The molecule has 2 N–H and O–H groups in total. The van der Waals surface area contributed by atoms with E-state index in [4.69, 9.17) is 9.11 Å². The second-order valence-electron chi connectivity index (χ2n) is 4.78. The lowest BCUT2D eigenvalue weighted by molar-refractivity contribution is 0.477. The molecule has 0 heterocycles. The van der Waals surface area contributed by atoms with E-state index in [0.29, 0.717) is 6.42 Å². The average Bonchev–Trinajstić information content (AvgIpc) is 2.28. The summed E-state index contributed by atoms with van der Waals surface area (Å²) in [7, 11) is -9.05. The van der Waals surface area contributed by atoms with Crippen molar-refractivity contribution in [2.45, 2.75) is 58.3 Å². The molecule has 8 heteroatoms. The molecule has 0 unspecified atom stereocenters. The Morgan fingerprint density at radius 3 is 1.85 bits per heavy atom. The van der Waals surface area contributed by atoms with E-state index >= 15 is 0 Å². The van der Waals surface area contributed by atoms with Crippen molar-refractivity contribution < 1.29 is 25.9 Å². The number of hydrogen-bond acceptors (Lipinski definition) is 4. The van der Waals surface area contributed by atoms with Gasteiger partial charge in [-0.1, -0.05) is 51.5 Å². The zero-order valence-corrected chi connectivity index (χ0v) is 13.4. The zero-order valence-electron chi connectivity index (χ0n) is 11.8. The van der Waals surface area contributed by atoms with Crippen LogP contribution >= 0.6 is 0 Å². The highest BCUT2D eigenvalue weighted by Gasteiger charge is 2.19. The summed E-state index contributed by atoms with van der Waals surface area (Å²) < 4.78 is 60.7. The maximum absolute atomic E-state index is 11.0. The van der Waals surface area contributed by atoms with Gasteiger partial charge in [0.25, 0.3) is 20.2 Å². The molecule has 0 aliphatic rings. The van der Waals surface area contributed by atoms with Crippen LogP contribution in [0.1, 0.15) is 58.3 Å². The van der Waals surface area contributed by atoms with Crippen LogP contribution in [0.2, 0.25) is 0 Å². The van der Waals surface area contributed by atoms with Crippen LogP contribution in [0.15, 0.2) is 11.0 Å². The summed E-state index contributed by atoms with van der Waals surface area (Å²) in [5.41, 5.74) is 0. The number of unbranched alkanes of at least 4 members (excludes halogenated alkanes) is 7. The minimum Gasteiger partial charge on any atom is -0.285 e. The quantitative estimate of drug-likeness (QED) is 0.446. The number of allylic oxidation sites excluding steroid dienone is 1. The summed E-state index contributed by atoms with van der Waals surface area (Å²) in [6.07, 6.45) is 8.92. The van der Waals surface area contributed by atoms with Crippen LogP contribution in [-0.2, 0) is 20.2 Å². The Morgan fingerprint density at radius 2 is 1.40 bits per heavy atom. The van der Waals surface area contributed by atoms with Gasteiger partial charge in [0.2, 0.25) is 0 Å². The highest BCUT2D eigenvalue weighted by atomic mass is 32.2. The van der Waals surface area contributed by atoms with Gasteiger partial charge >= 0.3 is 0 Å². The van der Waals surface area contributed by atoms with Crippen LogP contribution in [-0.4, -0.2) is 31.7 Å². The van der Waals surface area contributed by atoms with Crippen molar-refractivity contribution >= 4 is 20.2 Å². The highest BCUT2D eigenvalue weighted by Crippen LogP contribution is 2.13. The Balaban J connectivity index is 4.17. The van der Waals surface area contributed by atoms with Gasteiger partial charge in [0.1, 0.15) is 5.75 Å². The first kappa shape index (κ1) is 19.6. The molecule has 0 saturated heterocycles. The van der Waals surface area contributed by atoms with Gasteiger partial charge in [-0.2, -0.15) is 16.8 Å². The van der Waals surface area contributed by atoms with Gasteiger partial charge in [-0.05, 0) is 12.8 Å². The van der Waals surface area contributed by atoms with Crippen molar-refractivity contribution in [2.75, 3.05) is 5.75 Å². The van der Waals surface area contributed by atoms with E-state index in [-0.39, 0.29) is 0 Å². The molecule has 0 atom stereocenters. The Morgan fingerprint density at radius 1 is 0.900 bits per heavy atom. The minimum atomic E-state index is -4.58. The SMILES string of the molecule is CCCCCCCCC/C=C(/CS(=O)(=O)O)S(=O)(=O)O. The predicted molar refractivity (Wildman–Crippen MR) is 78.7 cm³/mol. The van der Waals surface area contributed by atoms with Crippen LogP contribution in [0.25, 0.3) is 0 Å². The van der Waals surface area contributed by atoms with E-state index in [1.165, 1.54) is 19.3 Å². The largest absolute Gasteiger partial charge is 0.291 e. The lowest BCUT2D eigenvalue weighted by atomic mass is 10.1. The third kappa shape index (κ3) is 11.4. The molecule has 0 aliphatic heterocycles. The van der Waals surface area contributed by atoms with E-state index in [1.807, 2.05) is 0 Å². The van der Waals surface area contributed by atoms with Crippen molar-refractivity contribution in [1.82, 2.24) is 0 Å². The predicted octanol–water partition coefficient (Wildman–Crippen LogP) is 2.79. The van der Waals surface area contributed by atoms with E-state index in [1.54, 1.807) is 0 Å². The van der Waals surface area contributed by atoms with Gasteiger partial charge in [-0.3, -0.25) is 9.11 Å². The van der Waals surface area contributed by atoms with Crippen LogP contribution in [0.5, 0.6) is 0 Å². The van der Waals surface area contributed by atoms with Crippen LogP contribution < -0.4 is 0 Å². The summed E-state index contributed by atoms with van der Waals surface area (Å²) >= 11 is 0. The summed E-state index contributed by atoms with van der Waals surface area (Å²) in [5.74, 6) is -1.08. The molecule has 0 aromatic rings. The zero-order chi connectivity index (χ0) is 15.6. The van der Waals surface area contributed by atoms with Gasteiger partial charge in [-0.25, -0.2) is 0 Å². The van der Waals surface area contributed by atoms with Crippen LogP contribution in [0.3, 0.4) is 0 Å². The van der Waals surface area contributed by atoms with Gasteiger partial charge in [0.15, 0.2) is 0 Å². The van der Waals surface area contributed by atoms with E-state index in [2.05, 4.69) is 6.92 Å². The van der Waals surface area contributed by atoms with Crippen molar-refractivity contribution in [2.24, 2.45) is 0 Å². The molecule has 0 saturated carbocycles. The smallest absolute Gasteiger partial charge is 0.285 e. The lowest BCUT2D eigenvalue weighted by Crippen LogP contribution is -2.13. The Hall–Kier alpha value is -0.440. The second-order valence-corrected chi connectivity index (χ2v) is 7.71. The lowest BCUT2D eigenvalue weighted by Gasteiger charge is -2.03. The Labute approximate surface area is 121 Å². The van der Waals surface area contributed by atoms with E-state index in [9.17, 15) is 16.8 Å². The molecule has 0 aromatic carbocycles. The summed E-state index contributed by atoms with van der Waals surface area (Å²) in [4.78, 5) is -0.661. The fourth-order valence-corrected chi connectivity index (χ4v) is 3.63. The normalized spacial score (nSPS) is 13.7. The van der Waals surface area contributed by atoms with Gasteiger partial charge < -0.3 is 0 Å². The first-order valence-electron chi connectivity index (χ1n) is 6.78. The molecule has 0 amide bonds. The van der Waals surface area contributed by atoms with Crippen molar-refractivity contribution in [3.63, 3.8) is 0 Å². The molecule has 0 rings (SSSR count). The maximum atomic E-state index is 11.0. The molecule has 0 fully saturated rings. The molecular formula is C12H24O6S2. The number of rotatable bonds is 11. The molecule has 0 aliphatic carbocycles. The van der Waals surface area contributed by atoms with Crippen LogP contribution in [0, 0.1) is 0 Å². The molecular weight excluding hydrogens is 304 g/mol. The first-order valence-corrected chi connectivity index (χ1v) is 9.83. The second kappa shape index (κ2) is 9.49. The summed E-state index contributed by atoms with van der Waals surface area (Å²) in [6.45, 7) is 2.14. The molecule has 0 spiro atoms. The molecule has 0 bridgehead atoms. The molecule has 120 valence electrons. The monoisotopic (exact) mass is 328 g/mol. The van der Waals surface area contributed by atoms with Crippen molar-refractivity contribution in [1.29, 1.82) is 0 Å². The Bertz CT molecular complexity index is 490. The molecule has 20 heavy (non-hydrogen) atoms. The Kier molecular flexibility index (Phi) is 9.28. The molecule has 0 aromatic heterocycles.